The number of para-hydroxylation sites is 1. The molecule has 0 heterocycles. The fourth-order valence-electron chi connectivity index (χ4n) is 2.43. The van der Waals surface area contributed by atoms with Gasteiger partial charge in [-0.25, -0.2) is 13.6 Å². The third-order valence-corrected chi connectivity index (χ3v) is 4.75. The first kappa shape index (κ1) is 19.0. The number of sulfonamides is 1. The van der Waals surface area contributed by atoms with Crippen molar-refractivity contribution in [2.75, 3.05) is 18.4 Å². The van der Waals surface area contributed by atoms with E-state index in [0.717, 1.165) is 17.7 Å². The summed E-state index contributed by atoms with van der Waals surface area (Å²) in [5, 5.41) is 11.0. The standard InChI is InChI=1S/C18H23N3O3S/c1-2-15-5-3-4-6-17(15)21-13-18(22)20-12-11-14-7-9-16(10-8-14)25(19,23)24/h3-10,21H,2,11-13H2,1H3,(H,20,22)(H2,19,23,24). The van der Waals surface area contributed by atoms with E-state index in [2.05, 4.69) is 17.6 Å². The molecule has 4 N–H and O–H groups in total. The van der Waals surface area contributed by atoms with E-state index in [1.165, 1.54) is 17.7 Å². The molecule has 6 nitrogen and oxygen atoms in total. The van der Waals surface area contributed by atoms with Crippen LogP contribution in [0, 0.1) is 0 Å². The van der Waals surface area contributed by atoms with Crippen LogP contribution in [0.1, 0.15) is 18.1 Å². The second kappa shape index (κ2) is 8.64. The van der Waals surface area contributed by atoms with Gasteiger partial charge in [-0.3, -0.25) is 4.79 Å². The summed E-state index contributed by atoms with van der Waals surface area (Å²) in [5.41, 5.74) is 3.07. The molecule has 0 aromatic heterocycles. The Labute approximate surface area is 148 Å². The second-order valence-electron chi connectivity index (χ2n) is 5.65. The van der Waals surface area contributed by atoms with Gasteiger partial charge >= 0.3 is 0 Å². The van der Waals surface area contributed by atoms with E-state index < -0.39 is 10.0 Å². The molecular weight excluding hydrogens is 338 g/mol. The van der Waals surface area contributed by atoms with Crippen LogP contribution >= 0.6 is 0 Å². The van der Waals surface area contributed by atoms with Gasteiger partial charge in [0.2, 0.25) is 15.9 Å². The molecule has 0 unspecified atom stereocenters. The normalized spacial score (nSPS) is 11.1. The largest absolute Gasteiger partial charge is 0.376 e. The number of carbonyl (C=O) groups excluding carboxylic acids is 1. The Balaban J connectivity index is 1.77. The van der Waals surface area contributed by atoms with Gasteiger partial charge in [-0.2, -0.15) is 0 Å². The lowest BCUT2D eigenvalue weighted by molar-refractivity contribution is -0.119. The number of anilines is 1. The van der Waals surface area contributed by atoms with Gasteiger partial charge in [0, 0.05) is 12.2 Å². The van der Waals surface area contributed by atoms with Crippen LogP contribution in [0.4, 0.5) is 5.69 Å². The minimum absolute atomic E-state index is 0.0825. The van der Waals surface area contributed by atoms with Crippen LogP contribution in [0.25, 0.3) is 0 Å². The molecule has 1 amide bonds. The molecule has 2 rings (SSSR count). The van der Waals surface area contributed by atoms with Crippen LogP contribution < -0.4 is 15.8 Å². The fraction of sp³-hybridized carbons (Fsp3) is 0.278. The molecule has 2 aromatic rings. The summed E-state index contributed by atoms with van der Waals surface area (Å²) in [6, 6.07) is 14.2. The van der Waals surface area contributed by atoms with Crippen molar-refractivity contribution in [2.45, 2.75) is 24.7 Å². The smallest absolute Gasteiger partial charge is 0.239 e. The molecule has 7 heteroatoms. The molecule has 0 saturated carbocycles. The molecule has 134 valence electrons. The van der Waals surface area contributed by atoms with Crippen molar-refractivity contribution in [3.8, 4) is 0 Å². The Kier molecular flexibility index (Phi) is 6.55. The first-order valence-corrected chi connectivity index (χ1v) is 9.65. The lowest BCUT2D eigenvalue weighted by Gasteiger charge is -2.11. The third-order valence-electron chi connectivity index (χ3n) is 3.83. The predicted molar refractivity (Wildman–Crippen MR) is 98.8 cm³/mol. The summed E-state index contributed by atoms with van der Waals surface area (Å²) in [7, 11) is -3.67. The average Bonchev–Trinajstić information content (AvgIpc) is 2.60. The molecule has 0 aliphatic rings. The Morgan fingerprint density at radius 2 is 1.76 bits per heavy atom. The number of primary sulfonamides is 1. The highest BCUT2D eigenvalue weighted by molar-refractivity contribution is 7.89. The molecule has 0 spiro atoms. The second-order valence-corrected chi connectivity index (χ2v) is 7.21. The van der Waals surface area contributed by atoms with E-state index in [9.17, 15) is 13.2 Å². The lowest BCUT2D eigenvalue weighted by atomic mass is 10.1. The maximum Gasteiger partial charge on any atom is 0.239 e. The molecule has 0 radical (unpaired) electrons. The molecule has 0 saturated heterocycles. The molecule has 0 bridgehead atoms. The van der Waals surface area contributed by atoms with Crippen molar-refractivity contribution < 1.29 is 13.2 Å². The Bertz CT molecular complexity index is 818. The van der Waals surface area contributed by atoms with Gasteiger partial charge in [0.25, 0.3) is 0 Å². The molecule has 25 heavy (non-hydrogen) atoms. The first-order chi connectivity index (χ1) is 11.9. The van der Waals surface area contributed by atoms with Crippen LogP contribution in [0.5, 0.6) is 0 Å². The number of carbonyl (C=O) groups is 1. The topological polar surface area (TPSA) is 101 Å². The van der Waals surface area contributed by atoms with Crippen molar-refractivity contribution in [3.05, 3.63) is 59.7 Å². The van der Waals surface area contributed by atoms with E-state index in [4.69, 9.17) is 5.14 Å². The summed E-state index contributed by atoms with van der Waals surface area (Å²) in [5.74, 6) is -0.0907. The zero-order valence-corrected chi connectivity index (χ0v) is 15.0. The Hall–Kier alpha value is -2.38. The van der Waals surface area contributed by atoms with Crippen molar-refractivity contribution in [1.29, 1.82) is 0 Å². The minimum Gasteiger partial charge on any atom is -0.376 e. The highest BCUT2D eigenvalue weighted by atomic mass is 32.2. The molecular formula is C18H23N3O3S. The number of benzene rings is 2. The van der Waals surface area contributed by atoms with Crippen molar-refractivity contribution in [2.24, 2.45) is 5.14 Å². The van der Waals surface area contributed by atoms with Gasteiger partial charge in [0.15, 0.2) is 0 Å². The summed E-state index contributed by atoms with van der Waals surface area (Å²) in [6.07, 6.45) is 1.52. The summed E-state index contributed by atoms with van der Waals surface area (Å²) in [4.78, 5) is 12.0. The third kappa shape index (κ3) is 5.88. The number of amides is 1. The Morgan fingerprint density at radius 3 is 2.40 bits per heavy atom. The summed E-state index contributed by atoms with van der Waals surface area (Å²) in [6.45, 7) is 2.76. The summed E-state index contributed by atoms with van der Waals surface area (Å²) >= 11 is 0. The van der Waals surface area contributed by atoms with Gasteiger partial charge in [-0.15, -0.1) is 0 Å². The minimum atomic E-state index is -3.67. The number of nitrogens with two attached hydrogens (primary N) is 1. The zero-order chi connectivity index (χ0) is 18.3. The van der Waals surface area contributed by atoms with Gasteiger partial charge in [0.1, 0.15) is 0 Å². The quantitative estimate of drug-likeness (QED) is 0.665. The average molecular weight is 361 g/mol. The van der Waals surface area contributed by atoms with E-state index in [-0.39, 0.29) is 17.3 Å². The SMILES string of the molecule is CCc1ccccc1NCC(=O)NCCc1ccc(S(N)(=O)=O)cc1. The van der Waals surface area contributed by atoms with Gasteiger partial charge in [-0.05, 0) is 42.2 Å². The van der Waals surface area contributed by atoms with E-state index >= 15 is 0 Å². The highest BCUT2D eigenvalue weighted by Gasteiger charge is 2.07. The van der Waals surface area contributed by atoms with Crippen LogP contribution in [0.2, 0.25) is 0 Å². The first-order valence-electron chi connectivity index (χ1n) is 8.10. The molecule has 0 aliphatic heterocycles. The van der Waals surface area contributed by atoms with Crippen LogP contribution in [-0.2, 0) is 27.7 Å². The summed E-state index contributed by atoms with van der Waals surface area (Å²) < 4.78 is 22.4. The number of hydrogen-bond donors (Lipinski definition) is 3. The van der Waals surface area contributed by atoms with Gasteiger partial charge in [-0.1, -0.05) is 37.3 Å². The van der Waals surface area contributed by atoms with Crippen LogP contribution in [-0.4, -0.2) is 27.4 Å². The maximum atomic E-state index is 11.9. The monoisotopic (exact) mass is 361 g/mol. The van der Waals surface area contributed by atoms with E-state index in [1.54, 1.807) is 12.1 Å². The van der Waals surface area contributed by atoms with Gasteiger partial charge in [0.05, 0.1) is 11.4 Å². The zero-order valence-electron chi connectivity index (χ0n) is 14.2. The van der Waals surface area contributed by atoms with Crippen molar-refractivity contribution in [1.82, 2.24) is 5.32 Å². The molecule has 0 fully saturated rings. The molecule has 0 atom stereocenters. The van der Waals surface area contributed by atoms with E-state index in [1.807, 2.05) is 24.3 Å². The number of rotatable bonds is 8. The fourth-order valence-corrected chi connectivity index (χ4v) is 2.95. The number of hydrogen-bond acceptors (Lipinski definition) is 4. The number of nitrogens with one attached hydrogen (secondary N) is 2. The highest BCUT2D eigenvalue weighted by Crippen LogP contribution is 2.14. The van der Waals surface area contributed by atoms with Crippen molar-refractivity contribution in [3.63, 3.8) is 0 Å². The Morgan fingerprint density at radius 1 is 1.08 bits per heavy atom. The molecule has 0 aliphatic carbocycles. The van der Waals surface area contributed by atoms with E-state index in [0.29, 0.717) is 13.0 Å². The maximum absolute atomic E-state index is 11.9. The lowest BCUT2D eigenvalue weighted by Crippen LogP contribution is -2.31. The predicted octanol–water partition coefficient (Wildman–Crippen LogP) is 1.67. The molecule has 2 aromatic carbocycles. The van der Waals surface area contributed by atoms with Crippen molar-refractivity contribution >= 4 is 21.6 Å². The van der Waals surface area contributed by atoms with Crippen LogP contribution in [0.15, 0.2) is 53.4 Å². The number of aryl methyl sites for hydroxylation is 1. The van der Waals surface area contributed by atoms with Crippen LogP contribution in [0.3, 0.4) is 0 Å². The van der Waals surface area contributed by atoms with Gasteiger partial charge < -0.3 is 10.6 Å².